The van der Waals surface area contributed by atoms with E-state index in [1.807, 2.05) is 0 Å². The fourth-order valence-electron chi connectivity index (χ4n) is 3.53. The number of aliphatic carboxylic acids is 1. The number of aliphatic hydroxyl groups is 1. The second kappa shape index (κ2) is 15.1. The number of carbonyl (C=O) groups is 1. The zero-order valence-corrected chi connectivity index (χ0v) is 18.1. The largest absolute Gasteiger partial charge is 0.508 e. The molecule has 0 saturated heterocycles. The number of carboxylic acids is 1. The number of phenols is 1. The maximum Gasteiger partial charge on any atom is 0.335 e. The van der Waals surface area contributed by atoms with Crippen molar-refractivity contribution in [2.24, 2.45) is 0 Å². The summed E-state index contributed by atoms with van der Waals surface area (Å²) in [7, 11) is 0. The van der Waals surface area contributed by atoms with E-state index < -0.39 is 11.6 Å². The summed E-state index contributed by atoms with van der Waals surface area (Å²) in [6, 6.07) is 6.65. The standard InChI is InChI=1S/C25H40O4/c1-2-3-4-5-6-7-8-9-10-11-12-13-20-25(29,24(27)28)21-14-15-22-16-18-23(26)19-17-22/h14-19,26,29H,2-13,20-21H2,1H3,(H,27,28)/b15-14+. The molecule has 4 heteroatoms. The first-order valence-corrected chi connectivity index (χ1v) is 11.4. The molecule has 0 bridgehead atoms. The molecule has 0 fully saturated rings. The highest BCUT2D eigenvalue weighted by Crippen LogP contribution is 2.22. The number of rotatable bonds is 17. The van der Waals surface area contributed by atoms with Crippen LogP contribution in [0.4, 0.5) is 0 Å². The summed E-state index contributed by atoms with van der Waals surface area (Å²) in [5.41, 5.74) is -0.841. The van der Waals surface area contributed by atoms with E-state index in [0.717, 1.165) is 24.8 Å². The van der Waals surface area contributed by atoms with Gasteiger partial charge in [-0.15, -0.1) is 0 Å². The van der Waals surface area contributed by atoms with Crippen molar-refractivity contribution in [2.45, 2.75) is 102 Å². The van der Waals surface area contributed by atoms with Crippen molar-refractivity contribution < 1.29 is 20.1 Å². The van der Waals surface area contributed by atoms with Crippen LogP contribution in [0.1, 0.15) is 102 Å². The predicted octanol–water partition coefficient (Wildman–Crippen LogP) is 6.70. The molecule has 0 radical (unpaired) electrons. The van der Waals surface area contributed by atoms with E-state index in [1.54, 1.807) is 36.4 Å². The van der Waals surface area contributed by atoms with E-state index in [0.29, 0.717) is 0 Å². The molecule has 29 heavy (non-hydrogen) atoms. The molecule has 3 N–H and O–H groups in total. The van der Waals surface area contributed by atoms with Gasteiger partial charge in [0.25, 0.3) is 0 Å². The predicted molar refractivity (Wildman–Crippen MR) is 120 cm³/mol. The van der Waals surface area contributed by atoms with E-state index in [2.05, 4.69) is 6.92 Å². The molecule has 164 valence electrons. The molecule has 1 rings (SSSR count). The Morgan fingerprint density at radius 1 is 0.862 bits per heavy atom. The lowest BCUT2D eigenvalue weighted by Gasteiger charge is -2.21. The van der Waals surface area contributed by atoms with Crippen LogP contribution in [0.5, 0.6) is 5.75 Å². The third-order valence-corrected chi connectivity index (χ3v) is 5.50. The van der Waals surface area contributed by atoms with E-state index >= 15 is 0 Å². The van der Waals surface area contributed by atoms with Crippen molar-refractivity contribution in [2.75, 3.05) is 0 Å². The monoisotopic (exact) mass is 404 g/mol. The minimum Gasteiger partial charge on any atom is -0.508 e. The Bertz CT molecular complexity index is 579. The number of carboxylic acid groups (broad SMARTS) is 1. The van der Waals surface area contributed by atoms with Crippen molar-refractivity contribution in [3.8, 4) is 5.75 Å². The fourth-order valence-corrected chi connectivity index (χ4v) is 3.53. The van der Waals surface area contributed by atoms with Gasteiger partial charge in [-0.2, -0.15) is 0 Å². The highest BCUT2D eigenvalue weighted by Gasteiger charge is 2.33. The Morgan fingerprint density at radius 3 is 1.83 bits per heavy atom. The van der Waals surface area contributed by atoms with Crippen LogP contribution in [0, 0.1) is 0 Å². The molecule has 0 heterocycles. The van der Waals surface area contributed by atoms with Crippen molar-refractivity contribution in [3.63, 3.8) is 0 Å². The fraction of sp³-hybridized carbons (Fsp3) is 0.640. The van der Waals surface area contributed by atoms with Crippen LogP contribution < -0.4 is 0 Å². The van der Waals surface area contributed by atoms with E-state index in [4.69, 9.17) is 0 Å². The third-order valence-electron chi connectivity index (χ3n) is 5.50. The van der Waals surface area contributed by atoms with Crippen LogP contribution in [0.25, 0.3) is 6.08 Å². The van der Waals surface area contributed by atoms with Crippen LogP contribution in [0.3, 0.4) is 0 Å². The number of aromatic hydroxyl groups is 1. The van der Waals surface area contributed by atoms with Crippen molar-refractivity contribution in [1.29, 1.82) is 0 Å². The molecule has 0 amide bonds. The molecule has 0 aliphatic carbocycles. The van der Waals surface area contributed by atoms with Gasteiger partial charge in [-0.25, -0.2) is 4.79 Å². The van der Waals surface area contributed by atoms with Gasteiger partial charge in [0.1, 0.15) is 5.75 Å². The maximum atomic E-state index is 11.5. The minimum absolute atomic E-state index is 0.0846. The maximum absolute atomic E-state index is 11.5. The Balaban J connectivity index is 2.17. The Kier molecular flexibility index (Phi) is 13.1. The van der Waals surface area contributed by atoms with E-state index in [9.17, 15) is 20.1 Å². The van der Waals surface area contributed by atoms with E-state index in [-0.39, 0.29) is 18.6 Å². The molecule has 1 aromatic rings. The molecule has 1 unspecified atom stereocenters. The molecule has 0 aromatic heterocycles. The van der Waals surface area contributed by atoms with Gasteiger partial charge in [-0.1, -0.05) is 102 Å². The molecular weight excluding hydrogens is 364 g/mol. The van der Waals surface area contributed by atoms with Crippen LogP contribution in [-0.4, -0.2) is 26.9 Å². The lowest BCUT2D eigenvalue weighted by atomic mass is 9.91. The zero-order chi connectivity index (χ0) is 21.4. The minimum atomic E-state index is -1.70. The average molecular weight is 405 g/mol. The van der Waals surface area contributed by atoms with Gasteiger partial charge >= 0.3 is 5.97 Å². The van der Waals surface area contributed by atoms with Crippen molar-refractivity contribution >= 4 is 12.0 Å². The zero-order valence-electron chi connectivity index (χ0n) is 18.1. The SMILES string of the molecule is CCCCCCCCCCCCCCC(O)(C/C=C/c1ccc(O)cc1)C(=O)O. The molecule has 0 saturated carbocycles. The summed E-state index contributed by atoms with van der Waals surface area (Å²) in [6.07, 6.45) is 18.4. The van der Waals surface area contributed by atoms with Crippen LogP contribution in [0.15, 0.2) is 30.3 Å². The van der Waals surface area contributed by atoms with Crippen molar-refractivity contribution in [3.05, 3.63) is 35.9 Å². The Labute approximate surface area is 176 Å². The summed E-state index contributed by atoms with van der Waals surface area (Å²) in [5.74, 6) is -0.966. The van der Waals surface area contributed by atoms with Crippen LogP contribution in [-0.2, 0) is 4.79 Å². The first-order chi connectivity index (χ1) is 14.0. The van der Waals surface area contributed by atoms with Gasteiger partial charge in [-0.05, 0) is 30.5 Å². The normalized spacial score (nSPS) is 13.6. The summed E-state index contributed by atoms with van der Waals surface area (Å²) in [4.78, 5) is 11.5. The lowest BCUT2D eigenvalue weighted by Crippen LogP contribution is -2.37. The Hall–Kier alpha value is -1.81. The summed E-state index contributed by atoms with van der Waals surface area (Å²) in [6.45, 7) is 2.24. The summed E-state index contributed by atoms with van der Waals surface area (Å²) in [5, 5.41) is 29.2. The Morgan fingerprint density at radius 2 is 1.34 bits per heavy atom. The lowest BCUT2D eigenvalue weighted by molar-refractivity contribution is -0.159. The number of phenolic OH excluding ortho intramolecular Hbond substituents is 1. The third kappa shape index (κ3) is 11.7. The number of hydrogen-bond donors (Lipinski definition) is 3. The smallest absolute Gasteiger partial charge is 0.335 e. The molecule has 4 nitrogen and oxygen atoms in total. The molecule has 0 aliphatic heterocycles. The topological polar surface area (TPSA) is 77.8 Å². The van der Waals surface area contributed by atoms with E-state index in [1.165, 1.54) is 57.8 Å². The second-order valence-electron chi connectivity index (χ2n) is 8.17. The molecule has 0 aliphatic rings. The summed E-state index contributed by atoms with van der Waals surface area (Å²) >= 11 is 0. The highest BCUT2D eigenvalue weighted by atomic mass is 16.4. The quantitative estimate of drug-likeness (QED) is 0.252. The van der Waals surface area contributed by atoms with Gasteiger partial charge in [0.15, 0.2) is 5.60 Å². The molecule has 1 atom stereocenters. The molecule has 0 spiro atoms. The van der Waals surface area contributed by atoms with Crippen molar-refractivity contribution in [1.82, 2.24) is 0 Å². The van der Waals surface area contributed by atoms with Crippen LogP contribution in [0.2, 0.25) is 0 Å². The first-order valence-electron chi connectivity index (χ1n) is 11.4. The summed E-state index contributed by atoms with van der Waals surface area (Å²) < 4.78 is 0. The second-order valence-corrected chi connectivity index (χ2v) is 8.17. The van der Waals surface area contributed by atoms with Gasteiger partial charge < -0.3 is 15.3 Å². The molecular formula is C25H40O4. The van der Waals surface area contributed by atoms with Gasteiger partial charge in [0.05, 0.1) is 0 Å². The van der Waals surface area contributed by atoms with Gasteiger partial charge in [0, 0.05) is 6.42 Å². The van der Waals surface area contributed by atoms with Gasteiger partial charge in [0.2, 0.25) is 0 Å². The highest BCUT2D eigenvalue weighted by molar-refractivity contribution is 5.77. The first kappa shape index (κ1) is 25.2. The number of benzene rings is 1. The molecule has 1 aromatic carbocycles. The average Bonchev–Trinajstić information content (AvgIpc) is 2.70. The number of unbranched alkanes of at least 4 members (excludes halogenated alkanes) is 11. The number of hydrogen-bond acceptors (Lipinski definition) is 3. The van der Waals surface area contributed by atoms with Gasteiger partial charge in [-0.3, -0.25) is 0 Å². The van der Waals surface area contributed by atoms with Crippen LogP contribution >= 0.6 is 0 Å².